The van der Waals surface area contributed by atoms with Gasteiger partial charge < -0.3 is 18.9 Å². The predicted octanol–water partition coefficient (Wildman–Crippen LogP) is 5.23. The summed E-state index contributed by atoms with van der Waals surface area (Å²) in [5.74, 6) is 1.06. The van der Waals surface area contributed by atoms with Crippen molar-refractivity contribution in [1.29, 1.82) is 0 Å². The van der Waals surface area contributed by atoms with Crippen molar-refractivity contribution in [3.8, 4) is 34.4 Å². The lowest BCUT2D eigenvalue weighted by Crippen LogP contribution is -2.33. The molecule has 3 aromatic heterocycles. The van der Waals surface area contributed by atoms with Crippen molar-refractivity contribution < 1.29 is 31.4 Å². The summed E-state index contributed by atoms with van der Waals surface area (Å²) in [7, 11) is 1.51. The van der Waals surface area contributed by atoms with Crippen molar-refractivity contribution in [2.45, 2.75) is 38.1 Å². The third-order valence-electron chi connectivity index (χ3n) is 6.64. The Morgan fingerprint density at radius 1 is 1.07 bits per heavy atom. The van der Waals surface area contributed by atoms with Crippen LogP contribution in [-0.2, 0) is 19.8 Å². The molecule has 1 fully saturated rings. The van der Waals surface area contributed by atoms with Gasteiger partial charge in [0.15, 0.2) is 23.1 Å². The van der Waals surface area contributed by atoms with Crippen LogP contribution in [-0.4, -0.2) is 49.3 Å². The van der Waals surface area contributed by atoms with Gasteiger partial charge in [0.05, 0.1) is 18.4 Å². The summed E-state index contributed by atoms with van der Waals surface area (Å²) < 4.78 is 77.3. The zero-order chi connectivity index (χ0) is 28.0. The van der Waals surface area contributed by atoms with E-state index in [2.05, 4.69) is 29.7 Å². The van der Waals surface area contributed by atoms with Crippen LogP contribution in [0.2, 0.25) is 0 Å². The molecular formula is C26H22F5N7O2. The lowest BCUT2D eigenvalue weighted by atomic mass is 10.1. The van der Waals surface area contributed by atoms with Crippen LogP contribution in [0.4, 0.5) is 27.8 Å². The predicted molar refractivity (Wildman–Crippen MR) is 132 cm³/mol. The van der Waals surface area contributed by atoms with Crippen LogP contribution in [0.3, 0.4) is 0 Å². The number of hydrogen-bond acceptors (Lipinski definition) is 8. The molecule has 6 rings (SSSR count). The van der Waals surface area contributed by atoms with Crippen molar-refractivity contribution in [3.63, 3.8) is 0 Å². The van der Waals surface area contributed by atoms with Crippen molar-refractivity contribution >= 4 is 5.82 Å². The summed E-state index contributed by atoms with van der Waals surface area (Å²) in [5, 5.41) is 0. The van der Waals surface area contributed by atoms with E-state index >= 15 is 0 Å². The topological polar surface area (TPSA) is 91.1 Å². The molecule has 1 saturated carbocycles. The first kappa shape index (κ1) is 25.9. The Bertz CT molecular complexity index is 1540. The first-order valence-corrected chi connectivity index (χ1v) is 12.4. The van der Waals surface area contributed by atoms with E-state index in [0.717, 1.165) is 24.6 Å². The van der Waals surface area contributed by atoms with Crippen LogP contribution >= 0.6 is 0 Å². The van der Waals surface area contributed by atoms with E-state index in [4.69, 9.17) is 4.74 Å². The van der Waals surface area contributed by atoms with Crippen LogP contribution in [0.5, 0.6) is 11.6 Å². The Labute approximate surface area is 224 Å². The minimum Gasteiger partial charge on any atom is -0.486 e. The van der Waals surface area contributed by atoms with E-state index in [1.165, 1.54) is 24.1 Å². The molecule has 4 heterocycles. The maximum atomic E-state index is 13.1. The third-order valence-corrected chi connectivity index (χ3v) is 6.64. The SMILES string of the molecule is Cn1cc(C(F)(F)F)nc1-c1ccc(CN2CCOc3cnc(-c4c(OC(F)F)ncnc4C4CC4)nc32)cc1. The molecule has 0 bridgehead atoms. The highest BCUT2D eigenvalue weighted by Crippen LogP contribution is 2.45. The molecule has 4 aromatic rings. The van der Waals surface area contributed by atoms with Crippen LogP contribution in [0.25, 0.3) is 22.8 Å². The third kappa shape index (κ3) is 5.12. The van der Waals surface area contributed by atoms with Gasteiger partial charge in [0.1, 0.15) is 24.3 Å². The molecule has 208 valence electrons. The largest absolute Gasteiger partial charge is 0.486 e. The molecule has 9 nitrogen and oxygen atoms in total. The van der Waals surface area contributed by atoms with Crippen molar-refractivity contribution in [2.75, 3.05) is 18.1 Å². The Hall–Kier alpha value is -4.36. The average Bonchev–Trinajstić information content (AvgIpc) is 3.69. The molecule has 0 saturated heterocycles. The molecule has 2 aliphatic rings. The van der Waals surface area contributed by atoms with Crippen LogP contribution in [0.1, 0.15) is 35.7 Å². The smallest absolute Gasteiger partial charge is 0.434 e. The fraction of sp³-hybridized carbons (Fsp3) is 0.346. The number of imidazole rings is 1. The van der Waals surface area contributed by atoms with Crippen LogP contribution in [0.15, 0.2) is 43.0 Å². The van der Waals surface area contributed by atoms with Crippen LogP contribution < -0.4 is 14.4 Å². The maximum Gasteiger partial charge on any atom is 0.434 e. The molecule has 1 aromatic carbocycles. The molecule has 0 unspecified atom stereocenters. The first-order valence-electron chi connectivity index (χ1n) is 12.4. The minimum atomic E-state index is -4.53. The molecule has 0 N–H and O–H groups in total. The van der Waals surface area contributed by atoms with Crippen LogP contribution in [0, 0.1) is 0 Å². The van der Waals surface area contributed by atoms with Gasteiger partial charge in [-0.05, 0) is 18.4 Å². The van der Waals surface area contributed by atoms with E-state index < -0.39 is 18.5 Å². The number of hydrogen-bond donors (Lipinski definition) is 0. The number of ether oxygens (including phenoxy) is 2. The minimum absolute atomic E-state index is 0.0921. The Morgan fingerprint density at radius 3 is 2.52 bits per heavy atom. The average molecular weight is 559 g/mol. The second-order valence-electron chi connectivity index (χ2n) is 9.50. The standard InChI is InChI=1S/C26H22F5N7O2/c1-37-12-18(26(29,30)31)35-22(37)16-4-2-14(3-5-16)11-38-8-9-39-17-10-32-21(36-23(17)38)19-20(15-6-7-15)33-13-34-24(19)40-25(27)28/h2-5,10,12-13,15,25H,6-9,11H2,1H3. The number of aryl methyl sites for hydroxylation is 1. The fourth-order valence-corrected chi connectivity index (χ4v) is 4.62. The molecule has 1 aliphatic carbocycles. The van der Waals surface area contributed by atoms with E-state index in [0.29, 0.717) is 42.5 Å². The highest BCUT2D eigenvalue weighted by atomic mass is 19.4. The summed E-state index contributed by atoms with van der Waals surface area (Å²) in [6.45, 7) is -1.81. The number of alkyl halides is 5. The van der Waals surface area contributed by atoms with E-state index in [-0.39, 0.29) is 29.0 Å². The molecule has 0 spiro atoms. The van der Waals surface area contributed by atoms with E-state index in [1.54, 1.807) is 24.3 Å². The summed E-state index contributed by atoms with van der Waals surface area (Å²) in [6, 6.07) is 7.03. The lowest BCUT2D eigenvalue weighted by molar-refractivity contribution is -0.140. The number of rotatable bonds is 7. The van der Waals surface area contributed by atoms with Gasteiger partial charge in [-0.1, -0.05) is 24.3 Å². The monoisotopic (exact) mass is 559 g/mol. The van der Waals surface area contributed by atoms with Gasteiger partial charge in [-0.2, -0.15) is 22.0 Å². The van der Waals surface area contributed by atoms with Gasteiger partial charge in [-0.25, -0.2) is 24.9 Å². The van der Waals surface area contributed by atoms with Gasteiger partial charge in [-0.15, -0.1) is 0 Å². The highest BCUT2D eigenvalue weighted by Gasteiger charge is 2.35. The van der Waals surface area contributed by atoms with Gasteiger partial charge in [0, 0.05) is 31.3 Å². The first-order chi connectivity index (χ1) is 19.2. The molecule has 0 amide bonds. The second kappa shape index (κ2) is 9.99. The van der Waals surface area contributed by atoms with Crippen molar-refractivity contribution in [2.24, 2.45) is 7.05 Å². The van der Waals surface area contributed by atoms with E-state index in [9.17, 15) is 22.0 Å². The van der Waals surface area contributed by atoms with Crippen molar-refractivity contribution in [3.05, 3.63) is 59.9 Å². The van der Waals surface area contributed by atoms with Gasteiger partial charge in [0.25, 0.3) is 0 Å². The molecule has 40 heavy (non-hydrogen) atoms. The fourth-order valence-electron chi connectivity index (χ4n) is 4.62. The second-order valence-corrected chi connectivity index (χ2v) is 9.50. The van der Waals surface area contributed by atoms with Gasteiger partial charge in [-0.3, -0.25) is 0 Å². The molecular weight excluding hydrogens is 537 g/mol. The number of anilines is 1. The van der Waals surface area contributed by atoms with Crippen molar-refractivity contribution in [1.82, 2.24) is 29.5 Å². The number of nitrogens with zero attached hydrogens (tertiary/aromatic N) is 7. The quantitative estimate of drug-likeness (QED) is 0.285. The summed E-state index contributed by atoms with van der Waals surface area (Å²) in [6.07, 6.45) is 0.838. The van der Waals surface area contributed by atoms with E-state index in [1.807, 2.05) is 4.90 Å². The maximum absolute atomic E-state index is 13.1. The number of fused-ring (bicyclic) bond motifs is 1. The number of aromatic nitrogens is 6. The molecule has 1 aliphatic heterocycles. The zero-order valence-corrected chi connectivity index (χ0v) is 21.1. The number of benzene rings is 1. The summed E-state index contributed by atoms with van der Waals surface area (Å²) >= 11 is 0. The summed E-state index contributed by atoms with van der Waals surface area (Å²) in [4.78, 5) is 22.9. The Balaban J connectivity index is 1.29. The number of halogens is 5. The lowest BCUT2D eigenvalue weighted by Gasteiger charge is -2.30. The molecule has 0 atom stereocenters. The Kier molecular flexibility index (Phi) is 6.47. The summed E-state index contributed by atoms with van der Waals surface area (Å²) in [5.41, 5.74) is 1.25. The molecule has 14 heteroatoms. The Morgan fingerprint density at radius 2 is 1.85 bits per heavy atom. The van der Waals surface area contributed by atoms with Gasteiger partial charge in [0.2, 0.25) is 5.88 Å². The highest BCUT2D eigenvalue weighted by molar-refractivity contribution is 5.69. The zero-order valence-electron chi connectivity index (χ0n) is 21.1. The normalized spacial score (nSPS) is 15.2. The molecule has 0 radical (unpaired) electrons. The van der Waals surface area contributed by atoms with Gasteiger partial charge >= 0.3 is 12.8 Å².